The molecule has 2 aromatic heterocycles. The summed E-state index contributed by atoms with van der Waals surface area (Å²) in [5.74, 6) is -0.351. The van der Waals surface area contributed by atoms with Crippen LogP contribution in [0.4, 0.5) is 8.78 Å². The van der Waals surface area contributed by atoms with Crippen molar-refractivity contribution < 1.29 is 17.7 Å². The quantitative estimate of drug-likeness (QED) is 0.753. The molecular weight excluding hydrogens is 276 g/mol. The first-order chi connectivity index (χ1) is 9.24. The zero-order valence-corrected chi connectivity index (χ0v) is 10.8. The fourth-order valence-electron chi connectivity index (χ4n) is 1.45. The van der Waals surface area contributed by atoms with Crippen molar-refractivity contribution in [1.82, 2.24) is 15.5 Å². The molecule has 0 aliphatic carbocycles. The zero-order valence-electron chi connectivity index (χ0n) is 10.0. The van der Waals surface area contributed by atoms with Crippen LogP contribution in [-0.4, -0.2) is 22.4 Å². The van der Waals surface area contributed by atoms with Gasteiger partial charge in [0.2, 0.25) is 5.89 Å². The maximum atomic E-state index is 12.0. The molecule has 0 bridgehead atoms. The molecule has 0 saturated heterocycles. The van der Waals surface area contributed by atoms with Gasteiger partial charge in [0.05, 0.1) is 12.3 Å². The van der Waals surface area contributed by atoms with Gasteiger partial charge in [-0.25, -0.2) is 0 Å². The van der Waals surface area contributed by atoms with E-state index in [1.807, 2.05) is 0 Å². The molecule has 0 aromatic carbocycles. The third-order valence-electron chi connectivity index (χ3n) is 2.29. The van der Waals surface area contributed by atoms with Crippen molar-refractivity contribution in [3.63, 3.8) is 0 Å². The van der Waals surface area contributed by atoms with Crippen LogP contribution in [0.1, 0.15) is 17.4 Å². The fourth-order valence-corrected chi connectivity index (χ4v) is 1.90. The lowest BCUT2D eigenvalue weighted by Crippen LogP contribution is -2.16. The second kappa shape index (κ2) is 7.25. The molecule has 0 fully saturated rings. The number of nitrogens with zero attached hydrogens (tertiary/aromatic N) is 2. The summed E-state index contributed by atoms with van der Waals surface area (Å²) in [6.45, 7) is 1.21. The van der Waals surface area contributed by atoms with Crippen LogP contribution in [0.2, 0.25) is 0 Å². The highest BCUT2D eigenvalue weighted by atomic mass is 32.2. The second-order valence-corrected chi connectivity index (χ2v) is 4.68. The van der Waals surface area contributed by atoms with E-state index in [1.165, 1.54) is 6.33 Å². The van der Waals surface area contributed by atoms with Gasteiger partial charge in [0, 0.05) is 13.0 Å². The lowest BCUT2D eigenvalue weighted by Gasteiger charge is -2.00. The molecule has 19 heavy (non-hydrogen) atoms. The van der Waals surface area contributed by atoms with Crippen molar-refractivity contribution in [3.05, 3.63) is 35.9 Å². The van der Waals surface area contributed by atoms with E-state index in [1.54, 1.807) is 12.1 Å². The normalized spacial score (nSPS) is 11.3. The molecule has 0 aliphatic rings. The third kappa shape index (κ3) is 4.99. The largest absolute Gasteiger partial charge is 0.464 e. The highest BCUT2D eigenvalue weighted by Gasteiger charge is 2.07. The van der Waals surface area contributed by atoms with Gasteiger partial charge in [-0.3, -0.25) is 0 Å². The van der Waals surface area contributed by atoms with Crippen LogP contribution >= 0.6 is 11.8 Å². The highest BCUT2D eigenvalue weighted by molar-refractivity contribution is 7.98. The molecule has 2 aromatic rings. The predicted octanol–water partition coefficient (Wildman–Crippen LogP) is 2.45. The smallest absolute Gasteiger partial charge is 0.284 e. The lowest BCUT2D eigenvalue weighted by atomic mass is 10.4. The summed E-state index contributed by atoms with van der Waals surface area (Å²) < 4.78 is 34.2. The van der Waals surface area contributed by atoms with E-state index in [9.17, 15) is 8.78 Å². The van der Waals surface area contributed by atoms with Crippen LogP contribution in [0.25, 0.3) is 0 Å². The number of rotatable bonds is 8. The standard InChI is InChI=1S/C11H13F2N3O2S/c12-11(13)19-6-9-2-1-8(17-9)5-14-4-3-10-15-7-16-18-10/h1-2,7,11,14H,3-6H2. The topological polar surface area (TPSA) is 64.1 Å². The Morgan fingerprint density at radius 3 is 2.89 bits per heavy atom. The molecule has 2 rings (SSSR count). The number of nitrogens with one attached hydrogen (secondary N) is 1. The van der Waals surface area contributed by atoms with Gasteiger partial charge in [-0.05, 0) is 12.1 Å². The molecule has 0 radical (unpaired) electrons. The Bertz CT molecular complexity index is 476. The number of halogens is 2. The van der Waals surface area contributed by atoms with Crippen molar-refractivity contribution in [2.75, 3.05) is 6.54 Å². The molecule has 8 heteroatoms. The SMILES string of the molecule is FC(F)SCc1ccc(CNCCc2ncno2)o1. The Morgan fingerprint density at radius 1 is 1.32 bits per heavy atom. The molecular formula is C11H13F2N3O2S. The second-order valence-electron chi connectivity index (χ2n) is 3.70. The number of aromatic nitrogens is 2. The first kappa shape index (κ1) is 14.0. The number of hydrogen-bond acceptors (Lipinski definition) is 6. The molecule has 104 valence electrons. The van der Waals surface area contributed by atoms with Gasteiger partial charge in [0.15, 0.2) is 6.33 Å². The monoisotopic (exact) mass is 289 g/mol. The van der Waals surface area contributed by atoms with Crippen LogP contribution in [0.15, 0.2) is 27.4 Å². The van der Waals surface area contributed by atoms with Crippen LogP contribution in [0, 0.1) is 0 Å². The van der Waals surface area contributed by atoms with E-state index in [0.29, 0.717) is 42.9 Å². The molecule has 0 amide bonds. The Kier molecular flexibility index (Phi) is 5.34. The average Bonchev–Trinajstić information content (AvgIpc) is 3.04. The summed E-state index contributed by atoms with van der Waals surface area (Å²) >= 11 is 0.549. The molecule has 0 saturated carbocycles. The Hall–Kier alpha value is -1.41. The summed E-state index contributed by atoms with van der Waals surface area (Å²) in [5, 5.41) is 6.64. The Morgan fingerprint density at radius 2 is 2.16 bits per heavy atom. The van der Waals surface area contributed by atoms with E-state index >= 15 is 0 Å². The van der Waals surface area contributed by atoms with Gasteiger partial charge in [0.25, 0.3) is 5.76 Å². The van der Waals surface area contributed by atoms with Crippen LogP contribution in [0.3, 0.4) is 0 Å². The van der Waals surface area contributed by atoms with E-state index in [-0.39, 0.29) is 5.75 Å². The lowest BCUT2D eigenvalue weighted by molar-refractivity contribution is 0.251. The molecule has 2 heterocycles. The molecule has 1 N–H and O–H groups in total. The van der Waals surface area contributed by atoms with Gasteiger partial charge >= 0.3 is 0 Å². The fraction of sp³-hybridized carbons (Fsp3) is 0.455. The Labute approximate surface area is 112 Å². The van der Waals surface area contributed by atoms with Crippen molar-refractivity contribution >= 4 is 11.8 Å². The predicted molar refractivity (Wildman–Crippen MR) is 65.7 cm³/mol. The number of furan rings is 1. The molecule has 0 atom stereocenters. The summed E-state index contributed by atoms with van der Waals surface area (Å²) in [4.78, 5) is 3.89. The minimum Gasteiger partial charge on any atom is -0.464 e. The Balaban J connectivity index is 1.65. The molecule has 0 aliphatic heterocycles. The molecule has 5 nitrogen and oxygen atoms in total. The van der Waals surface area contributed by atoms with Crippen molar-refractivity contribution in [2.45, 2.75) is 24.5 Å². The van der Waals surface area contributed by atoms with Crippen LogP contribution in [-0.2, 0) is 18.7 Å². The van der Waals surface area contributed by atoms with Crippen molar-refractivity contribution in [1.29, 1.82) is 0 Å². The van der Waals surface area contributed by atoms with Gasteiger partial charge in [0.1, 0.15) is 11.5 Å². The summed E-state index contributed by atoms with van der Waals surface area (Å²) in [6.07, 6.45) is 1.99. The average molecular weight is 289 g/mol. The van der Waals surface area contributed by atoms with Gasteiger partial charge in [-0.15, -0.1) is 0 Å². The number of alkyl halides is 2. The summed E-state index contributed by atoms with van der Waals surface area (Å²) in [6, 6.07) is 3.49. The molecule has 0 unspecified atom stereocenters. The summed E-state index contributed by atoms with van der Waals surface area (Å²) in [5.41, 5.74) is 0. The van der Waals surface area contributed by atoms with Gasteiger partial charge < -0.3 is 14.3 Å². The van der Waals surface area contributed by atoms with E-state index in [4.69, 9.17) is 8.94 Å². The first-order valence-electron chi connectivity index (χ1n) is 5.67. The maximum absolute atomic E-state index is 12.0. The molecule has 0 spiro atoms. The number of hydrogen-bond donors (Lipinski definition) is 1. The van der Waals surface area contributed by atoms with Crippen LogP contribution in [0.5, 0.6) is 0 Å². The van der Waals surface area contributed by atoms with Crippen molar-refractivity contribution in [2.24, 2.45) is 0 Å². The van der Waals surface area contributed by atoms with E-state index in [2.05, 4.69) is 15.5 Å². The van der Waals surface area contributed by atoms with E-state index in [0.717, 1.165) is 5.76 Å². The first-order valence-corrected chi connectivity index (χ1v) is 6.72. The number of thioether (sulfide) groups is 1. The summed E-state index contributed by atoms with van der Waals surface area (Å²) in [7, 11) is 0. The van der Waals surface area contributed by atoms with Gasteiger partial charge in [-0.2, -0.15) is 13.8 Å². The van der Waals surface area contributed by atoms with Crippen molar-refractivity contribution in [3.8, 4) is 0 Å². The minimum atomic E-state index is -2.37. The zero-order chi connectivity index (χ0) is 13.5. The highest BCUT2D eigenvalue weighted by Crippen LogP contribution is 2.21. The maximum Gasteiger partial charge on any atom is 0.284 e. The van der Waals surface area contributed by atoms with Crippen LogP contribution < -0.4 is 5.32 Å². The van der Waals surface area contributed by atoms with Gasteiger partial charge in [-0.1, -0.05) is 16.9 Å². The minimum absolute atomic E-state index is 0.180. The third-order valence-corrected chi connectivity index (χ3v) is 2.99. The van der Waals surface area contributed by atoms with E-state index < -0.39 is 5.76 Å².